The first-order chi connectivity index (χ1) is 11.4. The molecule has 124 valence electrons. The average Bonchev–Trinajstić information content (AvgIpc) is 2.90. The van der Waals surface area contributed by atoms with Crippen molar-refractivity contribution in [3.63, 3.8) is 0 Å². The van der Waals surface area contributed by atoms with Crippen LogP contribution in [-0.2, 0) is 0 Å². The quantitative estimate of drug-likeness (QED) is 0.736. The molecule has 0 aliphatic heterocycles. The van der Waals surface area contributed by atoms with E-state index in [4.69, 9.17) is 16.1 Å². The molecule has 0 radical (unpaired) electrons. The number of amides is 1. The molecule has 1 N–H and O–H groups in total. The highest BCUT2D eigenvalue weighted by Gasteiger charge is 2.20. The van der Waals surface area contributed by atoms with Crippen molar-refractivity contribution < 1.29 is 9.32 Å². The highest BCUT2D eigenvalue weighted by Crippen LogP contribution is 2.28. The van der Waals surface area contributed by atoms with Gasteiger partial charge < -0.3 is 9.84 Å². The van der Waals surface area contributed by atoms with Gasteiger partial charge >= 0.3 is 0 Å². The van der Waals surface area contributed by atoms with Crippen molar-refractivity contribution in [3.05, 3.63) is 51.8 Å². The smallest absolute Gasteiger partial charge is 0.259 e. The minimum Gasteiger partial charge on any atom is -0.336 e. The van der Waals surface area contributed by atoms with E-state index < -0.39 is 0 Å². The molecule has 2 aromatic heterocycles. The number of carbonyl (C=O) groups excluding carboxylic acids is 1. The topological polar surface area (TPSA) is 68.0 Å². The van der Waals surface area contributed by atoms with Crippen LogP contribution in [0.3, 0.4) is 0 Å². The zero-order chi connectivity index (χ0) is 17.4. The van der Waals surface area contributed by atoms with Crippen LogP contribution in [0.25, 0.3) is 11.1 Å². The summed E-state index contributed by atoms with van der Waals surface area (Å²) in [4.78, 5) is 17.3. The van der Waals surface area contributed by atoms with Crippen molar-refractivity contribution in [2.75, 3.05) is 5.32 Å². The van der Waals surface area contributed by atoms with Crippen molar-refractivity contribution in [3.8, 4) is 0 Å². The van der Waals surface area contributed by atoms with Gasteiger partial charge in [-0.3, -0.25) is 4.79 Å². The van der Waals surface area contributed by atoms with Crippen LogP contribution in [0.4, 0.5) is 5.69 Å². The number of nitrogens with zero attached hydrogens (tertiary/aromatic N) is 2. The average molecular weight is 344 g/mol. The van der Waals surface area contributed by atoms with E-state index in [0.717, 1.165) is 11.3 Å². The lowest BCUT2D eigenvalue weighted by Crippen LogP contribution is -2.14. The van der Waals surface area contributed by atoms with Crippen LogP contribution in [0, 0.1) is 13.8 Å². The first-order valence-corrected chi connectivity index (χ1v) is 8.09. The monoisotopic (exact) mass is 343 g/mol. The third-order valence-electron chi connectivity index (χ3n) is 3.85. The number of halogens is 1. The van der Waals surface area contributed by atoms with E-state index in [2.05, 4.69) is 15.5 Å². The third-order valence-corrected chi connectivity index (χ3v) is 4.16. The lowest BCUT2D eigenvalue weighted by atomic mass is 10.0. The Hall–Kier alpha value is -2.40. The molecule has 24 heavy (non-hydrogen) atoms. The second kappa shape index (κ2) is 6.24. The van der Waals surface area contributed by atoms with Gasteiger partial charge in [-0.05, 0) is 43.5 Å². The maximum atomic E-state index is 12.8. The second-order valence-corrected chi connectivity index (χ2v) is 6.54. The summed E-state index contributed by atoms with van der Waals surface area (Å²) in [6.45, 7) is 7.75. The van der Waals surface area contributed by atoms with Gasteiger partial charge in [0.2, 0.25) is 0 Å². The summed E-state index contributed by atoms with van der Waals surface area (Å²) < 4.78 is 5.25. The normalized spacial score (nSPS) is 11.2. The number of fused-ring (bicyclic) bond motifs is 1. The molecule has 1 aromatic carbocycles. The summed E-state index contributed by atoms with van der Waals surface area (Å²) in [6.07, 6.45) is 0. The molecule has 0 saturated heterocycles. The molecular weight excluding hydrogens is 326 g/mol. The Morgan fingerprint density at radius 3 is 2.67 bits per heavy atom. The fraction of sp³-hybridized carbons (Fsp3) is 0.278. The minimum atomic E-state index is -0.263. The predicted octanol–water partition coefficient (Wildman–Crippen LogP) is 4.87. The number of carbonyl (C=O) groups is 1. The van der Waals surface area contributed by atoms with Gasteiger partial charge in [0.1, 0.15) is 0 Å². The van der Waals surface area contributed by atoms with Gasteiger partial charge in [0.15, 0.2) is 0 Å². The molecule has 0 aliphatic carbocycles. The minimum absolute atomic E-state index is 0.161. The number of rotatable bonds is 3. The van der Waals surface area contributed by atoms with E-state index in [1.165, 1.54) is 0 Å². The van der Waals surface area contributed by atoms with E-state index in [0.29, 0.717) is 33.1 Å². The molecule has 0 saturated carbocycles. The number of aromatic nitrogens is 2. The van der Waals surface area contributed by atoms with Crippen LogP contribution in [0.1, 0.15) is 47.1 Å². The number of pyridine rings is 1. The molecule has 3 aromatic rings. The lowest BCUT2D eigenvalue weighted by Gasteiger charge is -2.11. The molecular formula is C18H18ClN3O2. The fourth-order valence-corrected chi connectivity index (χ4v) is 2.78. The first-order valence-electron chi connectivity index (χ1n) is 7.71. The fourth-order valence-electron chi connectivity index (χ4n) is 2.50. The Morgan fingerprint density at radius 1 is 1.25 bits per heavy atom. The van der Waals surface area contributed by atoms with Crippen molar-refractivity contribution in [2.45, 2.75) is 33.6 Å². The predicted molar refractivity (Wildman–Crippen MR) is 94.8 cm³/mol. The highest BCUT2D eigenvalue weighted by molar-refractivity contribution is 6.34. The van der Waals surface area contributed by atoms with Gasteiger partial charge in [-0.25, -0.2) is 4.98 Å². The summed E-state index contributed by atoms with van der Waals surface area (Å²) in [5.41, 5.74) is 3.86. The number of aryl methyl sites for hydroxylation is 2. The molecule has 1 amide bonds. The van der Waals surface area contributed by atoms with Crippen LogP contribution in [-0.4, -0.2) is 16.0 Å². The summed E-state index contributed by atoms with van der Waals surface area (Å²) in [7, 11) is 0. The van der Waals surface area contributed by atoms with Gasteiger partial charge in [0.05, 0.1) is 27.4 Å². The number of benzene rings is 1. The maximum absolute atomic E-state index is 12.8. The van der Waals surface area contributed by atoms with E-state index in [1.807, 2.05) is 32.9 Å². The van der Waals surface area contributed by atoms with Crippen LogP contribution in [0.2, 0.25) is 5.02 Å². The van der Waals surface area contributed by atoms with Crippen LogP contribution in [0.15, 0.2) is 28.8 Å². The molecule has 0 bridgehead atoms. The Labute approximate surface area is 145 Å². The molecule has 0 spiro atoms. The van der Waals surface area contributed by atoms with Crippen LogP contribution >= 0.6 is 11.6 Å². The van der Waals surface area contributed by atoms with Crippen molar-refractivity contribution in [1.29, 1.82) is 0 Å². The number of hydrogen-bond donors (Lipinski definition) is 1. The van der Waals surface area contributed by atoms with Gasteiger partial charge in [-0.2, -0.15) is 0 Å². The molecule has 3 rings (SSSR count). The largest absolute Gasteiger partial charge is 0.336 e. The first kappa shape index (κ1) is 16.5. The van der Waals surface area contributed by atoms with E-state index >= 15 is 0 Å². The van der Waals surface area contributed by atoms with Gasteiger partial charge in [-0.1, -0.05) is 36.7 Å². The highest BCUT2D eigenvalue weighted by atomic mass is 35.5. The van der Waals surface area contributed by atoms with Crippen LogP contribution in [0.5, 0.6) is 0 Å². The number of anilines is 1. The summed E-state index contributed by atoms with van der Waals surface area (Å²) in [6, 6.07) is 7.28. The van der Waals surface area contributed by atoms with E-state index in [-0.39, 0.29) is 11.8 Å². The van der Waals surface area contributed by atoms with Crippen LogP contribution < -0.4 is 5.32 Å². The molecule has 0 atom stereocenters. The summed E-state index contributed by atoms with van der Waals surface area (Å²) in [5, 5.41) is 7.92. The molecule has 6 heteroatoms. The maximum Gasteiger partial charge on any atom is 0.259 e. The molecule has 0 aliphatic rings. The number of nitrogens with one attached hydrogen (secondary N) is 1. The zero-order valence-electron chi connectivity index (χ0n) is 14.0. The molecule has 5 nitrogen and oxygen atoms in total. The summed E-state index contributed by atoms with van der Waals surface area (Å²) >= 11 is 6.21. The van der Waals surface area contributed by atoms with Gasteiger partial charge in [0, 0.05) is 5.69 Å². The van der Waals surface area contributed by atoms with Gasteiger partial charge in [-0.15, -0.1) is 0 Å². The third kappa shape index (κ3) is 2.99. The Morgan fingerprint density at radius 2 is 2.00 bits per heavy atom. The van der Waals surface area contributed by atoms with Gasteiger partial charge in [0.25, 0.3) is 11.6 Å². The van der Waals surface area contributed by atoms with E-state index in [1.54, 1.807) is 19.1 Å². The molecule has 0 unspecified atom stereocenters. The molecule has 2 heterocycles. The zero-order valence-corrected chi connectivity index (χ0v) is 14.7. The lowest BCUT2D eigenvalue weighted by molar-refractivity contribution is 0.102. The van der Waals surface area contributed by atoms with Crippen molar-refractivity contribution in [1.82, 2.24) is 10.1 Å². The Kier molecular flexibility index (Phi) is 4.28. The second-order valence-electron chi connectivity index (χ2n) is 6.13. The van der Waals surface area contributed by atoms with Crippen molar-refractivity contribution >= 4 is 34.3 Å². The standard InChI is InChI=1S/C18H18ClN3O2/c1-9(2)15-8-12(16-11(4)22-24-18(16)21-15)17(23)20-14-6-5-10(3)7-13(14)19/h5-9H,1-4H3,(H,20,23). The van der Waals surface area contributed by atoms with Crippen molar-refractivity contribution in [2.24, 2.45) is 0 Å². The SMILES string of the molecule is Cc1ccc(NC(=O)c2cc(C(C)C)nc3onc(C)c23)c(Cl)c1. The molecule has 0 fully saturated rings. The Bertz CT molecular complexity index is 931. The Balaban J connectivity index is 2.06. The summed E-state index contributed by atoms with van der Waals surface area (Å²) in [5.74, 6) is -0.101. The number of hydrogen-bond acceptors (Lipinski definition) is 4. The van der Waals surface area contributed by atoms with E-state index in [9.17, 15) is 4.79 Å².